The highest BCUT2D eigenvalue weighted by Crippen LogP contribution is 2.11. The van der Waals surface area contributed by atoms with Crippen LogP contribution >= 0.6 is 11.6 Å². The number of hydrogen-bond acceptors (Lipinski definition) is 3. The van der Waals surface area contributed by atoms with Crippen LogP contribution in [0.3, 0.4) is 0 Å². The van der Waals surface area contributed by atoms with Gasteiger partial charge in [0.15, 0.2) is 0 Å². The second-order valence-corrected chi connectivity index (χ2v) is 3.79. The molecule has 3 nitrogen and oxygen atoms in total. The van der Waals surface area contributed by atoms with Crippen LogP contribution in [0.25, 0.3) is 0 Å². The minimum Gasteiger partial charge on any atom is -0.370 e. The minimum atomic E-state index is 0.690. The Morgan fingerprint density at radius 2 is 2.06 bits per heavy atom. The van der Waals surface area contributed by atoms with E-state index in [1.54, 1.807) is 24.5 Å². The third kappa shape index (κ3) is 3.21. The van der Waals surface area contributed by atoms with Crippen LogP contribution < -0.4 is 5.32 Å². The molecule has 2 aromatic heterocycles. The molecule has 0 atom stereocenters. The van der Waals surface area contributed by atoms with Crippen molar-refractivity contribution in [3.05, 3.63) is 53.4 Å². The molecule has 2 rings (SSSR count). The number of nitrogens with zero attached hydrogens (tertiary/aromatic N) is 2. The molecule has 0 aliphatic rings. The Balaban J connectivity index is 1.85. The SMILES string of the molecule is Clc1ccnc(NCCc2ccccn2)c1. The van der Waals surface area contributed by atoms with Crippen LogP contribution in [0.1, 0.15) is 5.69 Å². The van der Waals surface area contributed by atoms with Crippen LogP contribution in [0.4, 0.5) is 5.82 Å². The summed E-state index contributed by atoms with van der Waals surface area (Å²) in [5.74, 6) is 0.795. The molecular formula is C12H12ClN3. The Kier molecular flexibility index (Phi) is 3.72. The van der Waals surface area contributed by atoms with Crippen molar-refractivity contribution in [1.82, 2.24) is 9.97 Å². The lowest BCUT2D eigenvalue weighted by molar-refractivity contribution is 0.954. The molecule has 0 bridgehead atoms. The van der Waals surface area contributed by atoms with Crippen LogP contribution in [0.2, 0.25) is 5.02 Å². The van der Waals surface area contributed by atoms with Crippen LogP contribution in [0.5, 0.6) is 0 Å². The van der Waals surface area contributed by atoms with E-state index < -0.39 is 0 Å². The van der Waals surface area contributed by atoms with E-state index in [0.29, 0.717) is 5.02 Å². The molecule has 0 aliphatic carbocycles. The number of anilines is 1. The van der Waals surface area contributed by atoms with Gasteiger partial charge >= 0.3 is 0 Å². The summed E-state index contributed by atoms with van der Waals surface area (Å²) in [7, 11) is 0. The van der Waals surface area contributed by atoms with Crippen LogP contribution in [0, 0.1) is 0 Å². The molecule has 0 fully saturated rings. The molecule has 0 saturated heterocycles. The second-order valence-electron chi connectivity index (χ2n) is 3.36. The molecule has 0 spiro atoms. The van der Waals surface area contributed by atoms with Crippen molar-refractivity contribution in [2.75, 3.05) is 11.9 Å². The monoisotopic (exact) mass is 233 g/mol. The molecule has 0 saturated carbocycles. The average molecular weight is 234 g/mol. The maximum atomic E-state index is 5.85. The van der Waals surface area contributed by atoms with Gasteiger partial charge in [-0.25, -0.2) is 4.98 Å². The maximum Gasteiger partial charge on any atom is 0.127 e. The predicted octanol–water partition coefficient (Wildman–Crippen LogP) is 2.78. The van der Waals surface area contributed by atoms with E-state index >= 15 is 0 Å². The molecular weight excluding hydrogens is 222 g/mol. The second kappa shape index (κ2) is 5.47. The van der Waals surface area contributed by atoms with Gasteiger partial charge in [-0.15, -0.1) is 0 Å². The van der Waals surface area contributed by atoms with Crippen molar-refractivity contribution in [3.8, 4) is 0 Å². The van der Waals surface area contributed by atoms with E-state index in [9.17, 15) is 0 Å². The van der Waals surface area contributed by atoms with E-state index in [-0.39, 0.29) is 0 Å². The number of pyridine rings is 2. The fourth-order valence-corrected chi connectivity index (χ4v) is 1.53. The Morgan fingerprint density at radius 3 is 2.81 bits per heavy atom. The van der Waals surface area contributed by atoms with E-state index in [1.807, 2.05) is 18.2 Å². The number of hydrogen-bond donors (Lipinski definition) is 1. The van der Waals surface area contributed by atoms with Gasteiger partial charge in [0.05, 0.1) is 0 Å². The highest BCUT2D eigenvalue weighted by atomic mass is 35.5. The van der Waals surface area contributed by atoms with Crippen molar-refractivity contribution in [1.29, 1.82) is 0 Å². The smallest absolute Gasteiger partial charge is 0.127 e. The molecule has 0 amide bonds. The molecule has 16 heavy (non-hydrogen) atoms. The van der Waals surface area contributed by atoms with Gasteiger partial charge in [-0.05, 0) is 24.3 Å². The fourth-order valence-electron chi connectivity index (χ4n) is 1.37. The number of halogens is 1. The van der Waals surface area contributed by atoms with Gasteiger partial charge in [0.1, 0.15) is 5.82 Å². The number of rotatable bonds is 4. The van der Waals surface area contributed by atoms with Crippen LogP contribution in [-0.4, -0.2) is 16.5 Å². The highest BCUT2D eigenvalue weighted by molar-refractivity contribution is 6.30. The van der Waals surface area contributed by atoms with Crippen molar-refractivity contribution in [2.24, 2.45) is 0 Å². The van der Waals surface area contributed by atoms with Crippen molar-refractivity contribution in [2.45, 2.75) is 6.42 Å². The lowest BCUT2D eigenvalue weighted by Gasteiger charge is -2.04. The Morgan fingerprint density at radius 1 is 1.12 bits per heavy atom. The average Bonchev–Trinajstić information content (AvgIpc) is 2.30. The molecule has 4 heteroatoms. The number of aromatic nitrogens is 2. The molecule has 0 unspecified atom stereocenters. The zero-order chi connectivity index (χ0) is 11.2. The lowest BCUT2D eigenvalue weighted by Crippen LogP contribution is -2.06. The summed E-state index contributed by atoms with van der Waals surface area (Å²) in [5, 5.41) is 3.89. The van der Waals surface area contributed by atoms with E-state index in [0.717, 1.165) is 24.5 Å². The highest BCUT2D eigenvalue weighted by Gasteiger charge is 1.96. The Hall–Kier alpha value is -1.61. The molecule has 1 N–H and O–H groups in total. The first-order valence-electron chi connectivity index (χ1n) is 5.10. The molecule has 82 valence electrons. The van der Waals surface area contributed by atoms with Gasteiger partial charge < -0.3 is 5.32 Å². The Labute approximate surface area is 99.5 Å². The van der Waals surface area contributed by atoms with Gasteiger partial charge in [-0.1, -0.05) is 17.7 Å². The summed E-state index contributed by atoms with van der Waals surface area (Å²) in [4.78, 5) is 8.40. The minimum absolute atomic E-state index is 0.690. The summed E-state index contributed by atoms with van der Waals surface area (Å²) in [5.41, 5.74) is 1.07. The number of nitrogens with one attached hydrogen (secondary N) is 1. The molecule has 0 radical (unpaired) electrons. The van der Waals surface area contributed by atoms with E-state index in [4.69, 9.17) is 11.6 Å². The normalized spacial score (nSPS) is 10.1. The first kappa shape index (κ1) is 10.9. The van der Waals surface area contributed by atoms with Crippen molar-refractivity contribution >= 4 is 17.4 Å². The summed E-state index contributed by atoms with van der Waals surface area (Å²) >= 11 is 5.85. The largest absolute Gasteiger partial charge is 0.370 e. The molecule has 2 heterocycles. The standard InChI is InChI=1S/C12H12ClN3/c13-10-4-7-15-12(9-10)16-8-5-11-3-1-2-6-14-11/h1-4,6-7,9H,5,8H2,(H,15,16). The van der Waals surface area contributed by atoms with Gasteiger partial charge in [0.2, 0.25) is 0 Å². The van der Waals surface area contributed by atoms with Crippen LogP contribution in [-0.2, 0) is 6.42 Å². The molecule has 0 aromatic carbocycles. The zero-order valence-corrected chi connectivity index (χ0v) is 9.48. The lowest BCUT2D eigenvalue weighted by atomic mass is 10.3. The topological polar surface area (TPSA) is 37.8 Å². The third-order valence-electron chi connectivity index (χ3n) is 2.14. The summed E-state index contributed by atoms with van der Waals surface area (Å²) in [6.45, 7) is 0.796. The predicted molar refractivity (Wildman–Crippen MR) is 65.7 cm³/mol. The van der Waals surface area contributed by atoms with Gasteiger partial charge in [-0.2, -0.15) is 0 Å². The van der Waals surface area contributed by atoms with Gasteiger partial charge in [-0.3, -0.25) is 4.98 Å². The molecule has 0 aliphatic heterocycles. The summed E-state index contributed by atoms with van der Waals surface area (Å²) in [6.07, 6.45) is 4.35. The Bertz CT molecular complexity index is 445. The first-order valence-corrected chi connectivity index (χ1v) is 5.48. The van der Waals surface area contributed by atoms with Gasteiger partial charge in [0.25, 0.3) is 0 Å². The first-order chi connectivity index (χ1) is 7.84. The van der Waals surface area contributed by atoms with E-state index in [1.165, 1.54) is 0 Å². The van der Waals surface area contributed by atoms with Crippen LogP contribution in [0.15, 0.2) is 42.7 Å². The zero-order valence-electron chi connectivity index (χ0n) is 8.73. The maximum absolute atomic E-state index is 5.85. The van der Waals surface area contributed by atoms with Gasteiger partial charge in [0, 0.05) is 36.1 Å². The van der Waals surface area contributed by atoms with Crippen molar-refractivity contribution in [3.63, 3.8) is 0 Å². The summed E-state index contributed by atoms with van der Waals surface area (Å²) in [6, 6.07) is 9.47. The van der Waals surface area contributed by atoms with Crippen molar-refractivity contribution < 1.29 is 0 Å². The summed E-state index contributed by atoms with van der Waals surface area (Å²) < 4.78 is 0. The quantitative estimate of drug-likeness (QED) is 0.883. The molecule has 2 aromatic rings. The fraction of sp³-hybridized carbons (Fsp3) is 0.167. The third-order valence-corrected chi connectivity index (χ3v) is 2.37. The van der Waals surface area contributed by atoms with E-state index in [2.05, 4.69) is 15.3 Å².